The molecule has 2 rings (SSSR count). The van der Waals surface area contributed by atoms with Crippen LogP contribution in [0.1, 0.15) is 11.1 Å². The number of hydrogen-bond donors (Lipinski definition) is 1. The van der Waals surface area contributed by atoms with Crippen LogP contribution in [-0.4, -0.2) is 13.7 Å². The van der Waals surface area contributed by atoms with Crippen LogP contribution >= 0.6 is 0 Å². The zero-order chi connectivity index (χ0) is 13.7. The summed E-state index contributed by atoms with van der Waals surface area (Å²) < 4.78 is 23.4. The van der Waals surface area contributed by atoms with E-state index in [9.17, 15) is 8.42 Å². The highest BCUT2D eigenvalue weighted by Crippen LogP contribution is 2.14. The van der Waals surface area contributed by atoms with Gasteiger partial charge in [-0.2, -0.15) is 0 Å². The fourth-order valence-corrected chi connectivity index (χ4v) is 2.91. The molecule has 2 aromatic rings. The van der Waals surface area contributed by atoms with Crippen molar-refractivity contribution in [3.05, 3.63) is 71.8 Å². The van der Waals surface area contributed by atoms with E-state index in [1.165, 1.54) is 0 Å². The van der Waals surface area contributed by atoms with Gasteiger partial charge in [-0.05, 0) is 24.0 Å². The van der Waals surface area contributed by atoms with Gasteiger partial charge in [-0.25, -0.2) is 13.6 Å². The first kappa shape index (κ1) is 13.8. The molecule has 3 nitrogen and oxygen atoms in total. The minimum Gasteiger partial charge on any atom is -0.228 e. The molecule has 0 fully saturated rings. The van der Waals surface area contributed by atoms with Gasteiger partial charge in [0.05, 0.1) is 5.25 Å². The summed E-state index contributed by atoms with van der Waals surface area (Å²) in [6, 6.07) is 19.1. The summed E-state index contributed by atoms with van der Waals surface area (Å²) >= 11 is 0. The van der Waals surface area contributed by atoms with Crippen LogP contribution in [0.2, 0.25) is 0 Å². The third kappa shape index (κ3) is 4.19. The van der Waals surface area contributed by atoms with Crippen molar-refractivity contribution in [1.29, 1.82) is 0 Å². The molecule has 0 saturated carbocycles. The van der Waals surface area contributed by atoms with Gasteiger partial charge in [-0.3, -0.25) is 0 Å². The summed E-state index contributed by atoms with van der Waals surface area (Å²) in [7, 11) is -3.56. The zero-order valence-corrected chi connectivity index (χ0v) is 11.4. The van der Waals surface area contributed by atoms with E-state index in [1.54, 1.807) is 0 Å². The molecule has 2 N–H and O–H groups in total. The van der Waals surface area contributed by atoms with Gasteiger partial charge in [0.2, 0.25) is 10.0 Å². The molecule has 0 spiro atoms. The molecule has 0 bridgehead atoms. The molecule has 0 aliphatic heterocycles. The molecule has 0 aromatic heterocycles. The van der Waals surface area contributed by atoms with E-state index >= 15 is 0 Å². The van der Waals surface area contributed by atoms with Crippen LogP contribution in [0.4, 0.5) is 0 Å². The zero-order valence-electron chi connectivity index (χ0n) is 10.6. The molecular weight excluding hydrogens is 258 g/mol. The number of nitrogens with two attached hydrogens (primary N) is 1. The SMILES string of the molecule is NS(=O)(=O)C(Cc1ccccc1)Cc1ccccc1. The topological polar surface area (TPSA) is 60.2 Å². The number of benzene rings is 2. The molecule has 4 heteroatoms. The molecule has 0 saturated heterocycles. The van der Waals surface area contributed by atoms with Gasteiger partial charge >= 0.3 is 0 Å². The Morgan fingerprint density at radius 3 is 1.47 bits per heavy atom. The first-order valence-electron chi connectivity index (χ1n) is 6.15. The lowest BCUT2D eigenvalue weighted by molar-refractivity contribution is 0.577. The van der Waals surface area contributed by atoms with Crippen LogP contribution in [0.25, 0.3) is 0 Å². The molecular formula is C15H17NO2S. The van der Waals surface area contributed by atoms with Gasteiger partial charge in [0.15, 0.2) is 0 Å². The summed E-state index contributed by atoms with van der Waals surface area (Å²) in [5.74, 6) is 0. The van der Waals surface area contributed by atoms with E-state index in [2.05, 4.69) is 0 Å². The Kier molecular flexibility index (Phi) is 4.35. The van der Waals surface area contributed by atoms with Gasteiger partial charge in [-0.1, -0.05) is 60.7 Å². The fraction of sp³-hybridized carbons (Fsp3) is 0.200. The molecule has 0 unspecified atom stereocenters. The van der Waals surface area contributed by atoms with E-state index in [1.807, 2.05) is 60.7 Å². The Labute approximate surface area is 114 Å². The van der Waals surface area contributed by atoms with Crippen molar-refractivity contribution in [3.8, 4) is 0 Å². The maximum atomic E-state index is 11.7. The van der Waals surface area contributed by atoms with Crippen LogP contribution in [-0.2, 0) is 22.9 Å². The van der Waals surface area contributed by atoms with Gasteiger partial charge in [-0.15, -0.1) is 0 Å². The standard InChI is InChI=1S/C15H17NO2S/c16-19(17,18)15(11-13-7-3-1-4-8-13)12-14-9-5-2-6-10-14/h1-10,15H,11-12H2,(H2,16,17,18). The molecule has 19 heavy (non-hydrogen) atoms. The van der Waals surface area contributed by atoms with E-state index in [4.69, 9.17) is 5.14 Å². The molecule has 0 atom stereocenters. The van der Waals surface area contributed by atoms with Gasteiger partial charge < -0.3 is 0 Å². The third-order valence-electron chi connectivity index (χ3n) is 3.08. The van der Waals surface area contributed by atoms with Gasteiger partial charge in [0.25, 0.3) is 0 Å². The second-order valence-electron chi connectivity index (χ2n) is 4.59. The van der Waals surface area contributed by atoms with Crippen LogP contribution in [0.5, 0.6) is 0 Å². The normalized spacial score (nSPS) is 11.7. The van der Waals surface area contributed by atoms with Gasteiger partial charge in [0.1, 0.15) is 0 Å². The Hall–Kier alpha value is -1.65. The van der Waals surface area contributed by atoms with Crippen LogP contribution in [0, 0.1) is 0 Å². The Bertz CT molecular complexity index is 568. The predicted octanol–water partition coefficient (Wildman–Crippen LogP) is 2.13. The molecule has 0 amide bonds. The van der Waals surface area contributed by atoms with Crippen molar-refractivity contribution in [2.45, 2.75) is 18.1 Å². The van der Waals surface area contributed by atoms with Crippen LogP contribution in [0.15, 0.2) is 60.7 Å². The number of sulfonamides is 1. The number of primary sulfonamides is 1. The summed E-state index contributed by atoms with van der Waals surface area (Å²) in [6.07, 6.45) is 0.878. The first-order valence-corrected chi connectivity index (χ1v) is 7.76. The smallest absolute Gasteiger partial charge is 0.212 e. The summed E-state index contributed by atoms with van der Waals surface area (Å²) in [5, 5.41) is 4.76. The maximum absolute atomic E-state index is 11.7. The molecule has 0 aliphatic rings. The quantitative estimate of drug-likeness (QED) is 0.908. The summed E-state index contributed by atoms with van der Waals surface area (Å²) in [5.41, 5.74) is 1.97. The molecule has 2 aromatic carbocycles. The van der Waals surface area contributed by atoms with Crippen molar-refractivity contribution in [2.24, 2.45) is 5.14 Å². The largest absolute Gasteiger partial charge is 0.228 e. The van der Waals surface area contributed by atoms with Crippen molar-refractivity contribution in [3.63, 3.8) is 0 Å². The van der Waals surface area contributed by atoms with Crippen molar-refractivity contribution in [1.82, 2.24) is 0 Å². The van der Waals surface area contributed by atoms with E-state index < -0.39 is 15.3 Å². The summed E-state index contributed by atoms with van der Waals surface area (Å²) in [6.45, 7) is 0. The van der Waals surface area contributed by atoms with Crippen LogP contribution in [0.3, 0.4) is 0 Å². The molecule has 0 radical (unpaired) electrons. The lowest BCUT2D eigenvalue weighted by Gasteiger charge is -2.15. The molecule has 100 valence electrons. The average Bonchev–Trinajstić information content (AvgIpc) is 2.39. The molecule has 0 heterocycles. The maximum Gasteiger partial charge on any atom is 0.212 e. The van der Waals surface area contributed by atoms with Crippen LogP contribution < -0.4 is 5.14 Å². The minimum atomic E-state index is -3.56. The Balaban J connectivity index is 2.18. The lowest BCUT2D eigenvalue weighted by Crippen LogP contribution is -2.32. The number of rotatable bonds is 5. The summed E-state index contributed by atoms with van der Waals surface area (Å²) in [4.78, 5) is 0. The van der Waals surface area contributed by atoms with E-state index in [0.717, 1.165) is 11.1 Å². The van der Waals surface area contributed by atoms with E-state index in [0.29, 0.717) is 12.8 Å². The van der Waals surface area contributed by atoms with Gasteiger partial charge in [0, 0.05) is 0 Å². The highest BCUT2D eigenvalue weighted by atomic mass is 32.2. The second kappa shape index (κ2) is 5.99. The second-order valence-corrected chi connectivity index (χ2v) is 6.44. The Morgan fingerprint density at radius 1 is 0.789 bits per heavy atom. The highest BCUT2D eigenvalue weighted by Gasteiger charge is 2.22. The lowest BCUT2D eigenvalue weighted by atomic mass is 10.0. The third-order valence-corrected chi connectivity index (χ3v) is 4.34. The van der Waals surface area contributed by atoms with Crippen molar-refractivity contribution in [2.75, 3.05) is 0 Å². The van der Waals surface area contributed by atoms with E-state index in [-0.39, 0.29) is 0 Å². The Morgan fingerprint density at radius 2 is 1.16 bits per heavy atom. The minimum absolute atomic E-state index is 0.439. The fourth-order valence-electron chi connectivity index (χ4n) is 2.06. The van der Waals surface area contributed by atoms with Crippen molar-refractivity contribution < 1.29 is 8.42 Å². The molecule has 0 aliphatic carbocycles. The monoisotopic (exact) mass is 275 g/mol. The highest BCUT2D eigenvalue weighted by molar-refractivity contribution is 7.89. The first-order chi connectivity index (χ1) is 9.05. The number of hydrogen-bond acceptors (Lipinski definition) is 2. The average molecular weight is 275 g/mol. The predicted molar refractivity (Wildman–Crippen MR) is 77.2 cm³/mol. The van der Waals surface area contributed by atoms with Crippen molar-refractivity contribution >= 4 is 10.0 Å².